The highest BCUT2D eigenvalue weighted by atomic mass is 32.1. The number of nitrogens with zero attached hydrogens (tertiary/aromatic N) is 3. The van der Waals surface area contributed by atoms with Crippen molar-refractivity contribution in [3.8, 4) is 0 Å². The summed E-state index contributed by atoms with van der Waals surface area (Å²) in [6.07, 6.45) is 4.54. The van der Waals surface area contributed by atoms with Crippen molar-refractivity contribution in [2.45, 2.75) is 32.1 Å². The highest BCUT2D eigenvalue weighted by Gasteiger charge is 2.26. The fourth-order valence-electron chi connectivity index (χ4n) is 2.80. The molecule has 22 heavy (non-hydrogen) atoms. The fraction of sp³-hybridized carbons (Fsp3) is 0.562. The van der Waals surface area contributed by atoms with Gasteiger partial charge < -0.3 is 9.80 Å². The lowest BCUT2D eigenvalue weighted by molar-refractivity contribution is -0.136. The van der Waals surface area contributed by atoms with Crippen LogP contribution in [0.5, 0.6) is 0 Å². The Balaban J connectivity index is 1.97. The first kappa shape index (κ1) is 16.7. The maximum absolute atomic E-state index is 12.2. The third kappa shape index (κ3) is 3.74. The topological polar surface area (TPSA) is 53.5 Å². The molecule has 5 nitrogen and oxygen atoms in total. The van der Waals surface area contributed by atoms with E-state index in [0.29, 0.717) is 12.5 Å². The Bertz CT molecular complexity index is 582. The standard InChI is InChI=1S/C16H23N3O2S/c1-5-14(20)19(4)10-15(21)18(3)9-12-7-6-8-13-16(12)17-11(2)22-13/h5,12H,1,6-10H2,2-4H3. The van der Waals surface area contributed by atoms with Crippen LogP contribution in [0.15, 0.2) is 12.7 Å². The Morgan fingerprint density at radius 2 is 2.14 bits per heavy atom. The molecule has 2 rings (SSSR count). The molecule has 0 saturated heterocycles. The Morgan fingerprint density at radius 1 is 1.41 bits per heavy atom. The highest BCUT2D eigenvalue weighted by Crippen LogP contribution is 2.34. The molecule has 1 atom stereocenters. The van der Waals surface area contributed by atoms with Gasteiger partial charge in [0.2, 0.25) is 11.8 Å². The average molecular weight is 321 g/mol. The molecule has 0 fully saturated rings. The molecule has 1 aromatic rings. The van der Waals surface area contributed by atoms with Crippen molar-refractivity contribution in [3.63, 3.8) is 0 Å². The summed E-state index contributed by atoms with van der Waals surface area (Å²) in [6.45, 7) is 6.20. The Labute approximate surface area is 135 Å². The van der Waals surface area contributed by atoms with Crippen LogP contribution >= 0.6 is 11.3 Å². The first-order valence-corrected chi connectivity index (χ1v) is 8.31. The Hall–Kier alpha value is -1.69. The summed E-state index contributed by atoms with van der Waals surface area (Å²) in [5.74, 6) is 0.0108. The van der Waals surface area contributed by atoms with E-state index in [4.69, 9.17) is 0 Å². The fourth-order valence-corrected chi connectivity index (χ4v) is 3.86. The van der Waals surface area contributed by atoms with Gasteiger partial charge in [-0.15, -0.1) is 11.3 Å². The van der Waals surface area contributed by atoms with E-state index < -0.39 is 0 Å². The van der Waals surface area contributed by atoms with Crippen LogP contribution in [0.25, 0.3) is 0 Å². The molecule has 1 heterocycles. The number of hydrogen-bond donors (Lipinski definition) is 0. The number of thiazole rings is 1. The normalized spacial score (nSPS) is 16.8. The molecule has 0 bridgehead atoms. The lowest BCUT2D eigenvalue weighted by atomic mass is 9.90. The number of carbonyl (C=O) groups is 2. The minimum atomic E-state index is -0.239. The minimum absolute atomic E-state index is 0.0585. The van der Waals surface area contributed by atoms with E-state index in [0.717, 1.165) is 24.3 Å². The molecule has 2 amide bonds. The lowest BCUT2D eigenvalue weighted by Gasteiger charge is -2.27. The molecule has 120 valence electrons. The first-order chi connectivity index (χ1) is 10.4. The van der Waals surface area contributed by atoms with Crippen LogP contribution in [0, 0.1) is 6.92 Å². The van der Waals surface area contributed by atoms with Gasteiger partial charge in [-0.25, -0.2) is 4.98 Å². The molecule has 1 unspecified atom stereocenters. The van der Waals surface area contributed by atoms with Crippen LogP contribution in [-0.2, 0) is 16.0 Å². The van der Waals surface area contributed by atoms with Crippen LogP contribution in [0.3, 0.4) is 0 Å². The summed E-state index contributed by atoms with van der Waals surface area (Å²) in [4.78, 5) is 32.8. The van der Waals surface area contributed by atoms with Gasteiger partial charge in [0.25, 0.3) is 0 Å². The smallest absolute Gasteiger partial charge is 0.246 e. The summed E-state index contributed by atoms with van der Waals surface area (Å²) in [6, 6.07) is 0. The van der Waals surface area contributed by atoms with E-state index in [2.05, 4.69) is 11.6 Å². The van der Waals surface area contributed by atoms with Crippen molar-refractivity contribution >= 4 is 23.2 Å². The third-order valence-electron chi connectivity index (χ3n) is 4.02. The predicted octanol–water partition coefficient (Wildman–Crippen LogP) is 1.97. The zero-order valence-electron chi connectivity index (χ0n) is 13.5. The van der Waals surface area contributed by atoms with Crippen LogP contribution in [0.2, 0.25) is 0 Å². The molecule has 0 aliphatic heterocycles. The van der Waals surface area contributed by atoms with Gasteiger partial charge >= 0.3 is 0 Å². The van der Waals surface area contributed by atoms with Gasteiger partial charge in [0.15, 0.2) is 0 Å². The average Bonchev–Trinajstić information content (AvgIpc) is 2.87. The summed E-state index contributed by atoms with van der Waals surface area (Å²) in [5, 5.41) is 1.10. The number of fused-ring (bicyclic) bond motifs is 1. The second-order valence-electron chi connectivity index (χ2n) is 5.80. The zero-order chi connectivity index (χ0) is 16.3. The van der Waals surface area contributed by atoms with Gasteiger partial charge in [-0.2, -0.15) is 0 Å². The van der Waals surface area contributed by atoms with Crippen LogP contribution in [0.1, 0.15) is 34.3 Å². The number of likely N-dealkylation sites (N-methyl/N-ethyl adjacent to an activating group) is 2. The summed E-state index contributed by atoms with van der Waals surface area (Å²) in [7, 11) is 3.40. The number of hydrogen-bond acceptors (Lipinski definition) is 4. The van der Waals surface area contributed by atoms with E-state index in [1.165, 1.54) is 21.5 Å². The van der Waals surface area contributed by atoms with Gasteiger partial charge in [0.05, 0.1) is 17.2 Å². The molecule has 1 aromatic heterocycles. The molecular formula is C16H23N3O2S. The first-order valence-electron chi connectivity index (χ1n) is 7.50. The van der Waals surface area contributed by atoms with E-state index in [-0.39, 0.29) is 18.4 Å². The third-order valence-corrected chi connectivity index (χ3v) is 5.07. The van der Waals surface area contributed by atoms with Crippen molar-refractivity contribution < 1.29 is 9.59 Å². The van der Waals surface area contributed by atoms with E-state index in [1.807, 2.05) is 6.92 Å². The zero-order valence-corrected chi connectivity index (χ0v) is 14.3. The SMILES string of the molecule is C=CC(=O)N(C)CC(=O)N(C)CC1CCCc2sc(C)nc21. The van der Waals surface area contributed by atoms with Gasteiger partial charge in [0.1, 0.15) is 0 Å². The second-order valence-corrected chi connectivity index (χ2v) is 7.09. The largest absolute Gasteiger partial charge is 0.344 e. The van der Waals surface area contributed by atoms with Crippen molar-refractivity contribution in [1.29, 1.82) is 0 Å². The van der Waals surface area contributed by atoms with Gasteiger partial charge in [-0.1, -0.05) is 6.58 Å². The molecular weight excluding hydrogens is 298 g/mol. The molecule has 1 aliphatic carbocycles. The van der Waals surface area contributed by atoms with E-state index >= 15 is 0 Å². The number of aryl methyl sites for hydroxylation is 2. The minimum Gasteiger partial charge on any atom is -0.344 e. The van der Waals surface area contributed by atoms with Gasteiger partial charge in [0, 0.05) is 31.4 Å². The molecule has 1 aliphatic rings. The van der Waals surface area contributed by atoms with Gasteiger partial charge in [-0.05, 0) is 32.3 Å². The molecule has 6 heteroatoms. The van der Waals surface area contributed by atoms with E-state index in [9.17, 15) is 9.59 Å². The van der Waals surface area contributed by atoms with Crippen molar-refractivity contribution in [2.24, 2.45) is 0 Å². The quantitative estimate of drug-likeness (QED) is 0.779. The molecule has 0 aromatic carbocycles. The summed E-state index contributed by atoms with van der Waals surface area (Å²) >= 11 is 1.77. The molecule has 0 spiro atoms. The number of rotatable bonds is 5. The number of amides is 2. The van der Waals surface area contributed by atoms with Crippen LogP contribution in [0.4, 0.5) is 0 Å². The number of aromatic nitrogens is 1. The van der Waals surface area contributed by atoms with E-state index in [1.54, 1.807) is 30.3 Å². The van der Waals surface area contributed by atoms with Crippen molar-refractivity contribution in [3.05, 3.63) is 28.2 Å². The lowest BCUT2D eigenvalue weighted by Crippen LogP contribution is -2.40. The van der Waals surface area contributed by atoms with Gasteiger partial charge in [-0.3, -0.25) is 9.59 Å². The number of carbonyl (C=O) groups excluding carboxylic acids is 2. The Kier molecular flexibility index (Phi) is 5.34. The predicted molar refractivity (Wildman–Crippen MR) is 88.0 cm³/mol. The second kappa shape index (κ2) is 7.05. The summed E-state index contributed by atoms with van der Waals surface area (Å²) < 4.78 is 0. The van der Waals surface area contributed by atoms with Crippen molar-refractivity contribution in [1.82, 2.24) is 14.8 Å². The highest BCUT2D eigenvalue weighted by molar-refractivity contribution is 7.11. The van der Waals surface area contributed by atoms with Crippen LogP contribution < -0.4 is 0 Å². The molecule has 0 saturated carbocycles. The maximum Gasteiger partial charge on any atom is 0.246 e. The van der Waals surface area contributed by atoms with Crippen molar-refractivity contribution in [2.75, 3.05) is 27.2 Å². The monoisotopic (exact) mass is 321 g/mol. The van der Waals surface area contributed by atoms with Crippen LogP contribution in [-0.4, -0.2) is 53.8 Å². The Morgan fingerprint density at radius 3 is 2.82 bits per heavy atom. The molecule has 0 radical (unpaired) electrons. The summed E-state index contributed by atoms with van der Waals surface area (Å²) in [5.41, 5.74) is 1.17. The molecule has 0 N–H and O–H groups in total. The maximum atomic E-state index is 12.2.